The van der Waals surface area contributed by atoms with Gasteiger partial charge in [-0.15, -0.1) is 0 Å². The molecule has 0 aromatic rings. The number of amides is 13. The molecule has 479 valence electrons. The zero-order chi connectivity index (χ0) is 63.5. The summed E-state index contributed by atoms with van der Waals surface area (Å²) in [4.78, 5) is 183. The summed E-state index contributed by atoms with van der Waals surface area (Å²) in [6.07, 6.45) is 5.67. The normalized spacial score (nSPS) is 21.5. The van der Waals surface area contributed by atoms with Crippen molar-refractivity contribution in [3.05, 3.63) is 27.8 Å². The second-order valence-corrected chi connectivity index (χ2v) is 19.8. The SMILES string of the molecule is CCCCCCC=CCC(=O)NC1COC(=O)CNC(=O)C(CCCN([O-])C(C)=O)NC(=O)CNC(=O)C(CO)NC(=O)C(CCCN([O-])C(C)=O)NC(=O)C(CO)NC(=O)C(C(C)C)NC(=O)CNC(=O)C(CCCN([O-])C(C)=O)NC1=O.[Fe+3]. The van der Waals surface area contributed by atoms with Gasteiger partial charge in [0.25, 0.3) is 0 Å². The van der Waals surface area contributed by atoms with Crippen LogP contribution in [0.15, 0.2) is 12.2 Å². The summed E-state index contributed by atoms with van der Waals surface area (Å²) in [6.45, 7) is 0.578. The van der Waals surface area contributed by atoms with Gasteiger partial charge in [0.05, 0.1) is 26.3 Å². The van der Waals surface area contributed by atoms with Crippen LogP contribution >= 0.6 is 0 Å². The van der Waals surface area contributed by atoms with Crippen molar-refractivity contribution in [3.8, 4) is 0 Å². The van der Waals surface area contributed by atoms with E-state index in [0.29, 0.717) is 6.42 Å². The number of carbonyl (C=O) groups is 14. The molecular formula is C51H82FeN13O20. The standard InChI is InChI=1S/C51H82N13O20.Fe/c1-7-8-9-10-11-12-13-20-40(70)56-39-29-84-43(73)26-54-45(74)34(17-14-21-62(81)31(4)67)55-41(71)24-53-47(76)37(27-65)59-48(77)36(19-16-23-64(83)33(6)69)58-49(78)38(28-66)60-51(80)44(30(2)3)61-42(72)25-52-46(75)35(57-50(39)79)18-15-22-63(82)32(5)68;/h12-13,30,34-39,44,65-66H,7-11,14-29H2,1-6H3,(H,52,75)(H,53,76)(H,54,74)(H,55,71)(H,56,70)(H,57,79)(H,58,78)(H,59,77)(H,60,80)(H,61,72);/q-3;+3. The van der Waals surface area contributed by atoms with Crippen LogP contribution in [0.1, 0.15) is 119 Å². The molecule has 1 fully saturated rings. The molecule has 1 aliphatic rings. The van der Waals surface area contributed by atoms with Crippen LogP contribution in [-0.2, 0) is 88.9 Å². The Morgan fingerprint density at radius 1 is 0.553 bits per heavy atom. The van der Waals surface area contributed by atoms with Gasteiger partial charge in [0.15, 0.2) is 0 Å². The predicted octanol–water partition coefficient (Wildman–Crippen LogP) is -4.78. The minimum Gasteiger partial charge on any atom is -0.756 e. The average molecular weight is 1250 g/mol. The Morgan fingerprint density at radius 3 is 1.45 bits per heavy atom. The van der Waals surface area contributed by atoms with Crippen molar-refractivity contribution in [1.29, 1.82) is 0 Å². The molecule has 1 radical (unpaired) electrons. The van der Waals surface area contributed by atoms with Gasteiger partial charge in [-0.3, -0.25) is 67.1 Å². The third-order valence-corrected chi connectivity index (χ3v) is 12.4. The molecule has 85 heavy (non-hydrogen) atoms. The van der Waals surface area contributed by atoms with Crippen molar-refractivity contribution in [1.82, 2.24) is 68.4 Å². The van der Waals surface area contributed by atoms with Crippen LogP contribution in [0.4, 0.5) is 0 Å². The van der Waals surface area contributed by atoms with Gasteiger partial charge in [0.1, 0.15) is 55.4 Å². The summed E-state index contributed by atoms with van der Waals surface area (Å²) < 4.78 is 5.26. The largest absolute Gasteiger partial charge is 3.00 e. The van der Waals surface area contributed by atoms with Crippen LogP contribution in [0.5, 0.6) is 0 Å². The first-order valence-corrected chi connectivity index (χ1v) is 27.5. The maximum absolute atomic E-state index is 14.0. The number of ether oxygens (including phenoxy) is 1. The summed E-state index contributed by atoms with van der Waals surface area (Å²) in [7, 11) is 0. The van der Waals surface area contributed by atoms with Crippen molar-refractivity contribution in [2.75, 3.05) is 59.1 Å². The average Bonchev–Trinajstić information content (AvgIpc) is 3.57. The monoisotopic (exact) mass is 1250 g/mol. The van der Waals surface area contributed by atoms with Crippen LogP contribution in [0.3, 0.4) is 0 Å². The van der Waals surface area contributed by atoms with Crippen LogP contribution in [0.2, 0.25) is 0 Å². The van der Waals surface area contributed by atoms with Crippen LogP contribution < -0.4 is 53.2 Å². The fraction of sp³-hybridized carbons (Fsp3) is 0.686. The number of aliphatic hydroxyl groups excluding tert-OH is 2. The van der Waals surface area contributed by atoms with Gasteiger partial charge in [-0.2, -0.15) is 0 Å². The van der Waals surface area contributed by atoms with Gasteiger partial charge in [0, 0.05) is 46.8 Å². The first-order chi connectivity index (χ1) is 39.6. The van der Waals surface area contributed by atoms with Gasteiger partial charge in [0.2, 0.25) is 76.8 Å². The van der Waals surface area contributed by atoms with Crippen molar-refractivity contribution >= 4 is 82.8 Å². The molecule has 13 amide bonds. The van der Waals surface area contributed by atoms with E-state index in [1.165, 1.54) is 13.8 Å². The first-order valence-electron chi connectivity index (χ1n) is 27.5. The van der Waals surface area contributed by atoms with Gasteiger partial charge < -0.3 is 98.9 Å². The third kappa shape index (κ3) is 31.9. The Bertz CT molecular complexity index is 2300. The molecule has 7 atom stereocenters. The van der Waals surface area contributed by atoms with Gasteiger partial charge in [-0.25, -0.2) is 0 Å². The fourth-order valence-corrected chi connectivity index (χ4v) is 7.59. The van der Waals surface area contributed by atoms with Crippen molar-refractivity contribution in [2.24, 2.45) is 5.92 Å². The number of esters is 1. The summed E-state index contributed by atoms with van der Waals surface area (Å²) in [5.74, 6) is -15.4. The maximum atomic E-state index is 14.0. The van der Waals surface area contributed by atoms with Gasteiger partial charge >= 0.3 is 23.0 Å². The topological polar surface area (TPSA) is 488 Å². The number of hydrogen-bond acceptors (Lipinski definition) is 20. The Balaban J connectivity index is 0.0000706. The number of rotatable bonds is 23. The number of allylic oxidation sites excluding steroid dienone is 1. The number of nitrogens with zero attached hydrogens (tertiary/aromatic N) is 3. The number of nitrogens with one attached hydrogen (secondary N) is 10. The zero-order valence-corrected chi connectivity index (χ0v) is 49.7. The van der Waals surface area contributed by atoms with E-state index in [1.807, 2.05) is 6.92 Å². The fourth-order valence-electron chi connectivity index (χ4n) is 7.59. The van der Waals surface area contributed by atoms with E-state index < -0.39 is 196 Å². The second-order valence-electron chi connectivity index (χ2n) is 19.8. The van der Waals surface area contributed by atoms with Crippen LogP contribution in [0, 0.1) is 21.5 Å². The molecule has 12 N–H and O–H groups in total. The smallest absolute Gasteiger partial charge is 0.756 e. The van der Waals surface area contributed by atoms with Gasteiger partial charge in [-0.1, -0.05) is 52.2 Å². The van der Waals surface area contributed by atoms with Crippen LogP contribution in [0.25, 0.3) is 0 Å². The number of aliphatic hydroxyl groups is 2. The van der Waals surface area contributed by atoms with E-state index in [2.05, 4.69) is 53.2 Å². The Hall–Kier alpha value is -7.36. The van der Waals surface area contributed by atoms with E-state index in [0.717, 1.165) is 46.5 Å². The zero-order valence-electron chi connectivity index (χ0n) is 48.6. The second kappa shape index (κ2) is 42.4. The molecule has 0 spiro atoms. The summed E-state index contributed by atoms with van der Waals surface area (Å²) >= 11 is 0. The van der Waals surface area contributed by atoms with E-state index >= 15 is 0 Å². The first kappa shape index (κ1) is 77.6. The molecule has 0 bridgehead atoms. The molecule has 1 aliphatic heterocycles. The molecule has 34 heteroatoms. The van der Waals surface area contributed by atoms with E-state index in [1.54, 1.807) is 12.2 Å². The molecule has 1 saturated heterocycles. The van der Waals surface area contributed by atoms with Crippen LogP contribution in [-0.4, -0.2) is 210 Å². The number of hydrogen-bond donors (Lipinski definition) is 12. The molecule has 0 saturated carbocycles. The number of carbonyl (C=O) groups excluding carboxylic acids is 14. The number of cyclic esters (lactones) is 1. The summed E-state index contributed by atoms with van der Waals surface area (Å²) in [5.41, 5.74) is 0. The Morgan fingerprint density at radius 2 is 0.965 bits per heavy atom. The minimum absolute atomic E-state index is 0. The van der Waals surface area contributed by atoms with Crippen molar-refractivity contribution < 1.29 is 99.1 Å². The minimum atomic E-state index is -1.86. The van der Waals surface area contributed by atoms with Crippen molar-refractivity contribution in [3.63, 3.8) is 0 Å². The molecule has 0 aromatic heterocycles. The Kier molecular flexibility index (Phi) is 38.8. The number of unbranched alkanes of at least 4 members (excludes halogenated alkanes) is 4. The van der Waals surface area contributed by atoms with E-state index in [-0.39, 0.29) is 70.8 Å². The Labute approximate surface area is 502 Å². The molecular weight excluding hydrogens is 1170 g/mol. The maximum Gasteiger partial charge on any atom is 3.00 e. The molecule has 33 nitrogen and oxygen atoms in total. The van der Waals surface area contributed by atoms with E-state index in [9.17, 15) is 93.0 Å². The molecule has 1 rings (SSSR count). The van der Waals surface area contributed by atoms with Gasteiger partial charge in [-0.05, 0) is 57.3 Å². The molecule has 0 aromatic carbocycles. The molecule has 0 aliphatic carbocycles. The quantitative estimate of drug-likeness (QED) is 0.0150. The van der Waals surface area contributed by atoms with E-state index in [4.69, 9.17) is 4.74 Å². The summed E-state index contributed by atoms with van der Waals surface area (Å²) in [5, 5.41) is 79.5. The predicted molar refractivity (Wildman–Crippen MR) is 295 cm³/mol. The molecule has 1 heterocycles. The number of hydroxylamine groups is 6. The summed E-state index contributed by atoms with van der Waals surface area (Å²) in [6, 6.07) is -11.9. The van der Waals surface area contributed by atoms with Crippen molar-refractivity contribution in [2.45, 2.75) is 161 Å². The third-order valence-electron chi connectivity index (χ3n) is 12.4. The molecule has 7 unspecified atom stereocenters.